The van der Waals surface area contributed by atoms with Crippen molar-refractivity contribution in [3.05, 3.63) is 35.5 Å². The van der Waals surface area contributed by atoms with E-state index >= 15 is 0 Å². The predicted octanol–water partition coefficient (Wildman–Crippen LogP) is 2.72. The van der Waals surface area contributed by atoms with Crippen molar-refractivity contribution in [2.45, 2.75) is 63.2 Å². The van der Waals surface area contributed by atoms with E-state index in [0.717, 1.165) is 36.9 Å². The Hall–Kier alpha value is -2.26. The first-order chi connectivity index (χ1) is 14.5. The summed E-state index contributed by atoms with van der Waals surface area (Å²) in [6.07, 6.45) is 5.91. The van der Waals surface area contributed by atoms with Crippen LogP contribution in [0, 0.1) is 0 Å². The van der Waals surface area contributed by atoms with Gasteiger partial charge in [-0.25, -0.2) is 8.42 Å². The second-order valence-electron chi connectivity index (χ2n) is 7.86. The molecule has 0 atom stereocenters. The standard InChI is InChI=1S/C21H28N4O4S/c1-2-19-22-20(29-23-19)7-6-8-21(26)25-14-11-16-15-17(9-10-18(16)25)30(27,28)24-12-4-3-5-13-24/h9-10,15H,2-8,11-14H2,1H3. The maximum atomic E-state index is 12.9. The molecule has 162 valence electrons. The summed E-state index contributed by atoms with van der Waals surface area (Å²) >= 11 is 0. The lowest BCUT2D eigenvalue weighted by Crippen LogP contribution is -2.35. The molecule has 1 aromatic heterocycles. The first-order valence-corrected chi connectivity index (χ1v) is 12.2. The number of sulfonamides is 1. The minimum Gasteiger partial charge on any atom is -0.339 e. The number of rotatable bonds is 7. The second kappa shape index (κ2) is 8.85. The summed E-state index contributed by atoms with van der Waals surface area (Å²) < 4.78 is 32.6. The number of hydrogen-bond donors (Lipinski definition) is 0. The van der Waals surface area contributed by atoms with Gasteiger partial charge in [0.25, 0.3) is 0 Å². The molecule has 4 rings (SSSR count). The summed E-state index contributed by atoms with van der Waals surface area (Å²) in [5.74, 6) is 1.28. The number of carbonyl (C=O) groups excluding carboxylic acids is 1. The Morgan fingerprint density at radius 2 is 1.97 bits per heavy atom. The zero-order valence-electron chi connectivity index (χ0n) is 17.3. The normalized spacial score (nSPS) is 17.3. The Labute approximate surface area is 177 Å². The molecule has 2 aliphatic rings. The van der Waals surface area contributed by atoms with E-state index in [-0.39, 0.29) is 5.91 Å². The highest BCUT2D eigenvalue weighted by Crippen LogP contribution is 2.32. The van der Waals surface area contributed by atoms with Crippen LogP contribution in [-0.4, -0.2) is 48.4 Å². The average Bonchev–Trinajstić information content (AvgIpc) is 3.40. The number of benzene rings is 1. The monoisotopic (exact) mass is 432 g/mol. The number of hydrogen-bond acceptors (Lipinski definition) is 6. The molecule has 1 amide bonds. The van der Waals surface area contributed by atoms with Crippen molar-refractivity contribution in [2.75, 3.05) is 24.5 Å². The average molecular weight is 433 g/mol. The Bertz CT molecular complexity index is 1010. The van der Waals surface area contributed by atoms with Crippen LogP contribution < -0.4 is 4.90 Å². The van der Waals surface area contributed by atoms with Gasteiger partial charge in [-0.2, -0.15) is 9.29 Å². The van der Waals surface area contributed by atoms with Gasteiger partial charge in [0.1, 0.15) is 0 Å². The number of nitrogens with zero attached hydrogens (tertiary/aromatic N) is 4. The Morgan fingerprint density at radius 1 is 1.17 bits per heavy atom. The van der Waals surface area contributed by atoms with Gasteiger partial charge in [0.05, 0.1) is 4.90 Å². The highest BCUT2D eigenvalue weighted by Gasteiger charge is 2.29. The van der Waals surface area contributed by atoms with E-state index in [1.807, 2.05) is 6.92 Å². The largest absolute Gasteiger partial charge is 0.339 e. The van der Waals surface area contributed by atoms with Crippen molar-refractivity contribution in [3.8, 4) is 0 Å². The number of anilines is 1. The fraction of sp³-hybridized carbons (Fsp3) is 0.571. The summed E-state index contributed by atoms with van der Waals surface area (Å²) in [5.41, 5.74) is 1.74. The highest BCUT2D eigenvalue weighted by molar-refractivity contribution is 7.89. The van der Waals surface area contributed by atoms with Gasteiger partial charge in [-0.15, -0.1) is 0 Å². The van der Waals surface area contributed by atoms with Crippen molar-refractivity contribution in [1.82, 2.24) is 14.4 Å². The smallest absolute Gasteiger partial charge is 0.243 e. The SMILES string of the molecule is CCc1noc(CCCC(=O)N2CCc3cc(S(=O)(=O)N4CCCCC4)ccc32)n1. The molecule has 1 aromatic carbocycles. The van der Waals surface area contributed by atoms with E-state index in [1.54, 1.807) is 27.4 Å². The van der Waals surface area contributed by atoms with E-state index in [9.17, 15) is 13.2 Å². The summed E-state index contributed by atoms with van der Waals surface area (Å²) in [6, 6.07) is 5.17. The van der Waals surface area contributed by atoms with Crippen LogP contribution in [0.4, 0.5) is 5.69 Å². The van der Waals surface area contributed by atoms with Gasteiger partial charge >= 0.3 is 0 Å². The number of aromatic nitrogens is 2. The van der Waals surface area contributed by atoms with Crippen LogP contribution in [0.25, 0.3) is 0 Å². The van der Waals surface area contributed by atoms with E-state index in [4.69, 9.17) is 4.52 Å². The maximum absolute atomic E-state index is 12.9. The molecule has 2 aliphatic heterocycles. The molecule has 0 bridgehead atoms. The number of piperidine rings is 1. The third-order valence-electron chi connectivity index (χ3n) is 5.81. The van der Waals surface area contributed by atoms with Crippen molar-refractivity contribution in [3.63, 3.8) is 0 Å². The quantitative estimate of drug-likeness (QED) is 0.667. The van der Waals surface area contributed by atoms with Gasteiger partial charge < -0.3 is 9.42 Å². The molecule has 0 radical (unpaired) electrons. The lowest BCUT2D eigenvalue weighted by molar-refractivity contribution is -0.118. The first kappa shape index (κ1) is 21.0. The molecule has 1 saturated heterocycles. The molecule has 30 heavy (non-hydrogen) atoms. The maximum Gasteiger partial charge on any atom is 0.243 e. The Balaban J connectivity index is 1.39. The van der Waals surface area contributed by atoms with Crippen molar-refractivity contribution < 1.29 is 17.7 Å². The van der Waals surface area contributed by atoms with Gasteiger partial charge in [-0.05, 0) is 49.4 Å². The van der Waals surface area contributed by atoms with E-state index in [0.29, 0.717) is 61.9 Å². The van der Waals surface area contributed by atoms with Crippen LogP contribution >= 0.6 is 0 Å². The molecule has 2 aromatic rings. The molecule has 0 N–H and O–H groups in total. The highest BCUT2D eigenvalue weighted by atomic mass is 32.2. The van der Waals surface area contributed by atoms with Gasteiger partial charge in [0, 0.05) is 44.6 Å². The number of amides is 1. The zero-order valence-corrected chi connectivity index (χ0v) is 18.2. The molecule has 9 heteroatoms. The van der Waals surface area contributed by atoms with Crippen molar-refractivity contribution in [2.24, 2.45) is 0 Å². The van der Waals surface area contributed by atoms with Crippen LogP contribution in [0.15, 0.2) is 27.6 Å². The minimum atomic E-state index is -3.46. The third-order valence-corrected chi connectivity index (χ3v) is 7.70. The van der Waals surface area contributed by atoms with Gasteiger partial charge in [0.2, 0.25) is 21.8 Å². The number of aryl methyl sites for hydroxylation is 2. The fourth-order valence-electron chi connectivity index (χ4n) is 4.11. The predicted molar refractivity (Wildman–Crippen MR) is 112 cm³/mol. The summed E-state index contributed by atoms with van der Waals surface area (Å²) in [5, 5.41) is 3.87. The molecule has 0 aliphatic carbocycles. The summed E-state index contributed by atoms with van der Waals surface area (Å²) in [6.45, 7) is 3.72. The Morgan fingerprint density at radius 3 is 2.70 bits per heavy atom. The van der Waals surface area contributed by atoms with Crippen LogP contribution in [0.5, 0.6) is 0 Å². The van der Waals surface area contributed by atoms with Gasteiger partial charge in [-0.1, -0.05) is 18.5 Å². The first-order valence-electron chi connectivity index (χ1n) is 10.7. The second-order valence-corrected chi connectivity index (χ2v) is 9.80. The lowest BCUT2D eigenvalue weighted by atomic mass is 10.1. The zero-order chi connectivity index (χ0) is 21.1. The molecule has 0 saturated carbocycles. The van der Waals surface area contributed by atoms with E-state index in [2.05, 4.69) is 10.1 Å². The van der Waals surface area contributed by atoms with E-state index < -0.39 is 10.0 Å². The van der Waals surface area contributed by atoms with Crippen LogP contribution in [-0.2, 0) is 34.1 Å². The summed E-state index contributed by atoms with van der Waals surface area (Å²) in [7, 11) is -3.46. The molecular formula is C21H28N4O4S. The molecule has 0 unspecified atom stereocenters. The van der Waals surface area contributed by atoms with Crippen LogP contribution in [0.1, 0.15) is 56.3 Å². The lowest BCUT2D eigenvalue weighted by Gasteiger charge is -2.26. The Kier molecular flexibility index (Phi) is 6.19. The topological polar surface area (TPSA) is 96.6 Å². The number of fused-ring (bicyclic) bond motifs is 1. The molecule has 0 spiro atoms. The minimum absolute atomic E-state index is 0.0376. The number of carbonyl (C=O) groups is 1. The molecule has 8 nitrogen and oxygen atoms in total. The van der Waals surface area contributed by atoms with E-state index in [1.165, 1.54) is 0 Å². The van der Waals surface area contributed by atoms with Gasteiger partial charge in [-0.3, -0.25) is 4.79 Å². The van der Waals surface area contributed by atoms with Crippen LogP contribution in [0.2, 0.25) is 0 Å². The van der Waals surface area contributed by atoms with Gasteiger partial charge in [0.15, 0.2) is 5.82 Å². The molecule has 1 fully saturated rings. The third kappa shape index (κ3) is 4.27. The summed E-state index contributed by atoms with van der Waals surface area (Å²) in [4.78, 5) is 19.1. The van der Waals surface area contributed by atoms with Crippen molar-refractivity contribution >= 4 is 21.6 Å². The fourth-order valence-corrected chi connectivity index (χ4v) is 5.68. The van der Waals surface area contributed by atoms with Crippen molar-refractivity contribution in [1.29, 1.82) is 0 Å². The van der Waals surface area contributed by atoms with Crippen LogP contribution in [0.3, 0.4) is 0 Å². The molecule has 3 heterocycles. The molecular weight excluding hydrogens is 404 g/mol.